The number of ether oxygens (including phenoxy) is 1. The molecule has 6 rings (SSSR count). The second kappa shape index (κ2) is 9.40. The minimum Gasteiger partial charge on any atom is -0.461 e. The van der Waals surface area contributed by atoms with Crippen LogP contribution in [0.3, 0.4) is 0 Å². The van der Waals surface area contributed by atoms with Crippen LogP contribution in [0.5, 0.6) is 0 Å². The minimum atomic E-state index is -0.282. The number of nitrogens with one attached hydrogen (secondary N) is 1. The van der Waals surface area contributed by atoms with Gasteiger partial charge < -0.3 is 14.5 Å². The largest absolute Gasteiger partial charge is 0.461 e. The summed E-state index contributed by atoms with van der Waals surface area (Å²) in [5.74, 6) is 2.08. The molecule has 0 spiro atoms. The molecule has 0 aromatic carbocycles. The summed E-state index contributed by atoms with van der Waals surface area (Å²) in [4.78, 5) is 37.7. The highest BCUT2D eigenvalue weighted by Gasteiger charge is 2.58. The molecule has 7 nitrogen and oxygen atoms in total. The van der Waals surface area contributed by atoms with Crippen molar-refractivity contribution in [3.05, 3.63) is 46.0 Å². The summed E-state index contributed by atoms with van der Waals surface area (Å²) in [6.07, 6.45) is 13.1. The number of rotatable bonds is 4. The summed E-state index contributed by atoms with van der Waals surface area (Å²) in [5, 5.41) is 2.80. The monoisotopic (exact) mass is 508 g/mol. The van der Waals surface area contributed by atoms with Gasteiger partial charge in [0, 0.05) is 19.2 Å². The molecule has 4 fully saturated rings. The van der Waals surface area contributed by atoms with Crippen LogP contribution in [0, 0.1) is 28.6 Å². The average Bonchev–Trinajstić information content (AvgIpc) is 3.22. The van der Waals surface area contributed by atoms with Crippen LogP contribution in [0.1, 0.15) is 76.7 Å². The van der Waals surface area contributed by atoms with Gasteiger partial charge in [0.2, 0.25) is 5.91 Å². The molecule has 0 unspecified atom stereocenters. The van der Waals surface area contributed by atoms with Gasteiger partial charge in [-0.1, -0.05) is 25.5 Å². The first kappa shape index (κ1) is 24.9. The lowest BCUT2D eigenvalue weighted by Crippen LogP contribution is -2.52. The number of esters is 1. The topological polar surface area (TPSA) is 88.9 Å². The number of carbonyl (C=O) groups is 2. The Kier molecular flexibility index (Phi) is 6.33. The van der Waals surface area contributed by atoms with Gasteiger partial charge in [0.05, 0.1) is 19.4 Å². The van der Waals surface area contributed by atoms with Gasteiger partial charge >= 0.3 is 11.6 Å². The molecule has 1 amide bonds. The number of hydrogen-bond acceptors (Lipinski definition) is 6. The summed E-state index contributed by atoms with van der Waals surface area (Å²) in [5.41, 5.74) is 2.95. The molecule has 0 radical (unpaired) electrons. The van der Waals surface area contributed by atoms with Crippen molar-refractivity contribution in [2.45, 2.75) is 77.2 Å². The molecule has 1 N–H and O–H groups in total. The highest BCUT2D eigenvalue weighted by Crippen LogP contribution is 2.67. The first-order valence-corrected chi connectivity index (χ1v) is 14.2. The lowest BCUT2D eigenvalue weighted by Gasteiger charge is -2.59. The fraction of sp³-hybridized carbons (Fsp3) is 0.700. The van der Waals surface area contributed by atoms with Gasteiger partial charge in [-0.15, -0.1) is 0 Å². The molecule has 2 heterocycles. The van der Waals surface area contributed by atoms with Gasteiger partial charge in [-0.25, -0.2) is 4.79 Å². The summed E-state index contributed by atoms with van der Waals surface area (Å²) < 4.78 is 11.2. The summed E-state index contributed by atoms with van der Waals surface area (Å²) in [6, 6.07) is 3.52. The van der Waals surface area contributed by atoms with Crippen molar-refractivity contribution in [1.29, 1.82) is 0 Å². The quantitative estimate of drug-likeness (QED) is 0.488. The molecule has 1 aromatic rings. The van der Waals surface area contributed by atoms with Crippen molar-refractivity contribution in [2.75, 3.05) is 26.2 Å². The third-order valence-corrected chi connectivity index (χ3v) is 10.9. The van der Waals surface area contributed by atoms with Gasteiger partial charge in [-0.2, -0.15) is 0 Å². The van der Waals surface area contributed by atoms with Crippen LogP contribution in [0.2, 0.25) is 0 Å². The van der Waals surface area contributed by atoms with Crippen LogP contribution in [0.25, 0.3) is 0 Å². The number of fused-ring (bicyclic) bond motifs is 5. The molecule has 1 saturated heterocycles. The second-order valence-corrected chi connectivity index (χ2v) is 12.7. The molecule has 4 aliphatic carbocycles. The highest BCUT2D eigenvalue weighted by molar-refractivity contribution is 5.80. The number of hydrogen-bond donors (Lipinski definition) is 1. The summed E-state index contributed by atoms with van der Waals surface area (Å²) in [6.45, 7) is 6.72. The molecule has 0 bridgehead atoms. The van der Waals surface area contributed by atoms with E-state index in [-0.39, 0.29) is 47.5 Å². The van der Waals surface area contributed by atoms with Crippen LogP contribution in [0.15, 0.2) is 39.3 Å². The Morgan fingerprint density at radius 1 is 1.16 bits per heavy atom. The lowest BCUT2D eigenvalue weighted by atomic mass is 9.46. The van der Waals surface area contributed by atoms with Crippen molar-refractivity contribution in [3.63, 3.8) is 0 Å². The Balaban J connectivity index is 1.10. The van der Waals surface area contributed by atoms with E-state index in [0.29, 0.717) is 36.8 Å². The van der Waals surface area contributed by atoms with Gasteiger partial charge in [0.25, 0.3) is 0 Å². The van der Waals surface area contributed by atoms with Crippen molar-refractivity contribution in [3.8, 4) is 0 Å². The van der Waals surface area contributed by atoms with Crippen molar-refractivity contribution in [2.24, 2.45) is 28.6 Å². The standard InChI is InChI=1S/C30H40N2O5/c1-29-11-9-21(37-28(35)17-32-14-13-31-26(33)16-32)15-20(29)4-5-22-24-7-6-23(19-3-8-27(34)36-18-19)30(24,2)12-10-25(22)29/h3,7-8,18,20-23,25H,4-6,9-17H2,1-2H3,(H,31,33)/t20-,21+,22+,23-,25+,29+,30-/m1/s1. The van der Waals surface area contributed by atoms with Gasteiger partial charge in [0.1, 0.15) is 6.10 Å². The minimum absolute atomic E-state index is 0.00240. The van der Waals surface area contributed by atoms with Crippen LogP contribution in [-0.2, 0) is 14.3 Å². The highest BCUT2D eigenvalue weighted by atomic mass is 16.5. The van der Waals surface area contributed by atoms with Gasteiger partial charge in [0.15, 0.2) is 0 Å². The fourth-order valence-corrected chi connectivity index (χ4v) is 8.96. The SMILES string of the molecule is C[C@]12CC[C@H](OC(=O)CN3CCNC(=O)C3)C[C@H]1CC[C@H]1C3=CC[C@H](c4ccc(=O)oc4)[C@@]3(C)CC[C@@H]12. The zero-order chi connectivity index (χ0) is 25.8. The third kappa shape index (κ3) is 4.37. The van der Waals surface area contributed by atoms with E-state index < -0.39 is 0 Å². The Bertz CT molecular complexity index is 1140. The number of nitrogens with zero attached hydrogens (tertiary/aromatic N) is 1. The molecular formula is C30H40N2O5. The van der Waals surface area contributed by atoms with Gasteiger partial charge in [-0.3, -0.25) is 14.5 Å². The van der Waals surface area contributed by atoms with Gasteiger partial charge in [-0.05, 0) is 97.5 Å². The average molecular weight is 509 g/mol. The maximum atomic E-state index is 12.7. The Morgan fingerprint density at radius 3 is 2.81 bits per heavy atom. The van der Waals surface area contributed by atoms with E-state index in [4.69, 9.17) is 9.15 Å². The van der Waals surface area contributed by atoms with Crippen molar-refractivity contribution in [1.82, 2.24) is 10.2 Å². The van der Waals surface area contributed by atoms with Crippen LogP contribution >= 0.6 is 0 Å². The Labute approximate surface area is 219 Å². The maximum absolute atomic E-state index is 12.7. The molecular weight excluding hydrogens is 468 g/mol. The second-order valence-electron chi connectivity index (χ2n) is 12.7. The first-order chi connectivity index (χ1) is 17.8. The van der Waals surface area contributed by atoms with E-state index in [0.717, 1.165) is 31.2 Å². The Morgan fingerprint density at radius 2 is 2.03 bits per heavy atom. The number of allylic oxidation sites excluding steroid dienone is 2. The maximum Gasteiger partial charge on any atom is 0.335 e. The van der Waals surface area contributed by atoms with Crippen LogP contribution in [0.4, 0.5) is 0 Å². The summed E-state index contributed by atoms with van der Waals surface area (Å²) in [7, 11) is 0. The van der Waals surface area contributed by atoms with Crippen LogP contribution < -0.4 is 10.9 Å². The summed E-state index contributed by atoms with van der Waals surface area (Å²) >= 11 is 0. The molecule has 3 saturated carbocycles. The van der Waals surface area contributed by atoms with E-state index in [9.17, 15) is 14.4 Å². The normalized spacial score (nSPS) is 39.6. The molecule has 7 heteroatoms. The molecule has 1 aromatic heterocycles. The van der Waals surface area contributed by atoms with E-state index in [1.54, 1.807) is 17.9 Å². The molecule has 200 valence electrons. The van der Waals surface area contributed by atoms with Crippen molar-refractivity contribution < 1.29 is 18.7 Å². The lowest BCUT2D eigenvalue weighted by molar-refractivity contribution is -0.159. The predicted molar refractivity (Wildman–Crippen MR) is 139 cm³/mol. The zero-order valence-electron chi connectivity index (χ0n) is 22.2. The first-order valence-electron chi connectivity index (χ1n) is 14.2. The number of piperazine rings is 1. The molecule has 5 aliphatic rings. The van der Waals surface area contributed by atoms with E-state index >= 15 is 0 Å². The van der Waals surface area contributed by atoms with E-state index in [1.165, 1.54) is 25.7 Å². The molecule has 37 heavy (non-hydrogen) atoms. The Hall–Kier alpha value is -2.41. The van der Waals surface area contributed by atoms with E-state index in [2.05, 4.69) is 25.2 Å². The smallest absolute Gasteiger partial charge is 0.335 e. The van der Waals surface area contributed by atoms with E-state index in [1.807, 2.05) is 11.0 Å². The van der Waals surface area contributed by atoms with Crippen LogP contribution in [-0.4, -0.2) is 49.1 Å². The number of amides is 1. The zero-order valence-corrected chi connectivity index (χ0v) is 22.2. The predicted octanol–water partition coefficient (Wildman–Crippen LogP) is 4.03. The molecule has 7 atom stereocenters. The number of carbonyl (C=O) groups excluding carboxylic acids is 2. The molecule has 1 aliphatic heterocycles. The third-order valence-electron chi connectivity index (χ3n) is 10.9. The van der Waals surface area contributed by atoms with Crippen molar-refractivity contribution >= 4 is 11.9 Å². The fourth-order valence-electron chi connectivity index (χ4n) is 8.96.